The summed E-state index contributed by atoms with van der Waals surface area (Å²) in [4.78, 5) is 0. The van der Waals surface area contributed by atoms with Gasteiger partial charge in [-0.2, -0.15) is 0 Å². The van der Waals surface area contributed by atoms with E-state index in [1.165, 1.54) is 6.07 Å². The van der Waals surface area contributed by atoms with Crippen LogP contribution >= 0.6 is 11.6 Å². The second kappa shape index (κ2) is 5.34. The largest absolute Gasteiger partial charge is 0.376 e. The van der Waals surface area contributed by atoms with Gasteiger partial charge in [-0.1, -0.05) is 24.6 Å². The summed E-state index contributed by atoms with van der Waals surface area (Å²) in [6.45, 7) is 2.91. The van der Waals surface area contributed by atoms with Crippen molar-refractivity contribution in [2.24, 2.45) is 11.7 Å². The summed E-state index contributed by atoms with van der Waals surface area (Å²) < 4.78 is 18.9. The molecule has 3 unspecified atom stereocenters. The van der Waals surface area contributed by atoms with Crippen molar-refractivity contribution in [3.8, 4) is 0 Å². The zero-order valence-electron chi connectivity index (χ0n) is 9.83. The predicted octanol–water partition coefficient (Wildman–Crippen LogP) is 2.77. The molecule has 2 nitrogen and oxygen atoms in total. The molecule has 2 N–H and O–H groups in total. The van der Waals surface area contributed by atoms with Crippen molar-refractivity contribution in [1.29, 1.82) is 0 Å². The van der Waals surface area contributed by atoms with Crippen LogP contribution < -0.4 is 5.73 Å². The minimum atomic E-state index is -0.392. The standard InChI is InChI=1S/C13H17ClFNO/c1-8-4-5-17-13(8)12(16)7-9-2-3-10(14)11(15)6-9/h2-3,6,8,12-13H,4-5,7,16H2,1H3. The monoisotopic (exact) mass is 257 g/mol. The molecular formula is C13H17ClFNO. The molecule has 1 fully saturated rings. The van der Waals surface area contributed by atoms with Crippen LogP contribution in [0, 0.1) is 11.7 Å². The van der Waals surface area contributed by atoms with Gasteiger partial charge in [-0.3, -0.25) is 0 Å². The SMILES string of the molecule is CC1CCOC1C(N)Cc1ccc(Cl)c(F)c1. The minimum absolute atomic E-state index is 0.0775. The third-order valence-electron chi connectivity index (χ3n) is 3.32. The molecule has 0 bridgehead atoms. The summed E-state index contributed by atoms with van der Waals surface area (Å²) in [5.74, 6) is 0.0823. The van der Waals surface area contributed by atoms with Crippen molar-refractivity contribution >= 4 is 11.6 Å². The minimum Gasteiger partial charge on any atom is -0.376 e. The van der Waals surface area contributed by atoms with Crippen molar-refractivity contribution in [1.82, 2.24) is 0 Å². The molecule has 0 aromatic heterocycles. The zero-order chi connectivity index (χ0) is 12.4. The summed E-state index contributed by atoms with van der Waals surface area (Å²) in [6.07, 6.45) is 1.74. The normalized spacial score (nSPS) is 26.1. The van der Waals surface area contributed by atoms with E-state index in [9.17, 15) is 4.39 Å². The molecule has 1 aliphatic rings. The van der Waals surface area contributed by atoms with Gasteiger partial charge in [0, 0.05) is 12.6 Å². The van der Waals surface area contributed by atoms with Gasteiger partial charge in [0.25, 0.3) is 0 Å². The summed E-state index contributed by atoms with van der Waals surface area (Å²) in [5.41, 5.74) is 6.97. The maximum atomic E-state index is 13.3. The van der Waals surface area contributed by atoms with E-state index < -0.39 is 5.82 Å². The Balaban J connectivity index is 2.02. The van der Waals surface area contributed by atoms with Gasteiger partial charge >= 0.3 is 0 Å². The maximum Gasteiger partial charge on any atom is 0.142 e. The first-order valence-corrected chi connectivity index (χ1v) is 6.27. The Hall–Kier alpha value is -0.640. The van der Waals surface area contributed by atoms with Crippen LogP contribution in [0.4, 0.5) is 4.39 Å². The first-order valence-electron chi connectivity index (χ1n) is 5.89. The molecule has 94 valence electrons. The molecule has 0 saturated carbocycles. The van der Waals surface area contributed by atoms with Gasteiger partial charge in [0.05, 0.1) is 11.1 Å². The van der Waals surface area contributed by atoms with Gasteiger partial charge in [-0.05, 0) is 36.5 Å². The van der Waals surface area contributed by atoms with E-state index in [-0.39, 0.29) is 17.2 Å². The third-order valence-corrected chi connectivity index (χ3v) is 3.63. The molecule has 0 aliphatic carbocycles. The predicted molar refractivity (Wildman–Crippen MR) is 66.6 cm³/mol. The molecule has 1 aliphatic heterocycles. The van der Waals surface area contributed by atoms with Crippen LogP contribution in [-0.2, 0) is 11.2 Å². The van der Waals surface area contributed by atoms with Crippen molar-refractivity contribution in [3.63, 3.8) is 0 Å². The fraction of sp³-hybridized carbons (Fsp3) is 0.538. The van der Waals surface area contributed by atoms with Gasteiger partial charge in [0.15, 0.2) is 0 Å². The van der Waals surface area contributed by atoms with Crippen molar-refractivity contribution in [3.05, 3.63) is 34.6 Å². The van der Waals surface area contributed by atoms with Gasteiger partial charge in [-0.15, -0.1) is 0 Å². The zero-order valence-corrected chi connectivity index (χ0v) is 10.6. The lowest BCUT2D eigenvalue weighted by Gasteiger charge is -2.22. The molecule has 3 atom stereocenters. The highest BCUT2D eigenvalue weighted by molar-refractivity contribution is 6.30. The average molecular weight is 258 g/mol. The maximum absolute atomic E-state index is 13.3. The summed E-state index contributed by atoms with van der Waals surface area (Å²) >= 11 is 5.64. The van der Waals surface area contributed by atoms with Crippen LogP contribution in [0.5, 0.6) is 0 Å². The highest BCUT2D eigenvalue weighted by Crippen LogP contribution is 2.24. The van der Waals surface area contributed by atoms with Crippen LogP contribution in [0.15, 0.2) is 18.2 Å². The number of hydrogen-bond donors (Lipinski definition) is 1. The molecule has 0 amide bonds. The molecule has 4 heteroatoms. The van der Waals surface area contributed by atoms with Crippen molar-refractivity contribution in [2.45, 2.75) is 31.9 Å². The van der Waals surface area contributed by atoms with Crippen molar-refractivity contribution < 1.29 is 9.13 Å². The molecule has 1 aromatic rings. The number of hydrogen-bond acceptors (Lipinski definition) is 2. The van der Waals surface area contributed by atoms with E-state index in [1.54, 1.807) is 6.07 Å². The van der Waals surface area contributed by atoms with E-state index in [1.807, 2.05) is 6.07 Å². The Labute approximate surface area is 106 Å². The van der Waals surface area contributed by atoms with Gasteiger partial charge in [-0.25, -0.2) is 4.39 Å². The Morgan fingerprint density at radius 3 is 2.94 bits per heavy atom. The Morgan fingerprint density at radius 2 is 2.35 bits per heavy atom. The first kappa shape index (κ1) is 12.8. The molecule has 2 rings (SSSR count). The van der Waals surface area contributed by atoms with Crippen molar-refractivity contribution in [2.75, 3.05) is 6.61 Å². The number of rotatable bonds is 3. The molecule has 0 spiro atoms. The number of halogens is 2. The van der Waals surface area contributed by atoms with E-state index in [0.717, 1.165) is 18.6 Å². The Kier molecular flexibility index (Phi) is 4.02. The van der Waals surface area contributed by atoms with E-state index in [2.05, 4.69) is 6.92 Å². The quantitative estimate of drug-likeness (QED) is 0.904. The second-order valence-corrected chi connectivity index (χ2v) is 5.13. The molecule has 1 aromatic carbocycles. The van der Waals surface area contributed by atoms with E-state index in [0.29, 0.717) is 12.3 Å². The highest BCUT2D eigenvalue weighted by Gasteiger charge is 2.29. The van der Waals surface area contributed by atoms with Crippen LogP contribution in [0.1, 0.15) is 18.9 Å². The van der Waals surface area contributed by atoms with Crippen LogP contribution in [0.2, 0.25) is 5.02 Å². The lowest BCUT2D eigenvalue weighted by atomic mass is 9.93. The summed E-state index contributed by atoms with van der Waals surface area (Å²) in [6, 6.07) is 4.73. The van der Waals surface area contributed by atoms with Crippen LogP contribution in [-0.4, -0.2) is 18.8 Å². The molecule has 1 saturated heterocycles. The van der Waals surface area contributed by atoms with Gasteiger partial charge in [0.2, 0.25) is 0 Å². The molecular weight excluding hydrogens is 241 g/mol. The number of ether oxygens (including phenoxy) is 1. The van der Waals surface area contributed by atoms with Crippen LogP contribution in [0.25, 0.3) is 0 Å². The summed E-state index contributed by atoms with van der Waals surface area (Å²) in [5, 5.41) is 0.146. The van der Waals surface area contributed by atoms with Gasteiger partial charge in [0.1, 0.15) is 5.82 Å². The average Bonchev–Trinajstić information content (AvgIpc) is 2.70. The lowest BCUT2D eigenvalue weighted by molar-refractivity contribution is 0.0726. The Morgan fingerprint density at radius 1 is 1.59 bits per heavy atom. The molecule has 0 radical (unpaired) electrons. The topological polar surface area (TPSA) is 35.2 Å². The fourth-order valence-corrected chi connectivity index (χ4v) is 2.44. The Bertz CT molecular complexity index is 399. The highest BCUT2D eigenvalue weighted by atomic mass is 35.5. The smallest absolute Gasteiger partial charge is 0.142 e. The summed E-state index contributed by atoms with van der Waals surface area (Å²) in [7, 11) is 0. The molecule has 1 heterocycles. The number of nitrogens with two attached hydrogens (primary N) is 1. The lowest BCUT2D eigenvalue weighted by Crippen LogP contribution is -2.39. The second-order valence-electron chi connectivity index (χ2n) is 4.72. The van der Waals surface area contributed by atoms with Gasteiger partial charge < -0.3 is 10.5 Å². The van der Waals surface area contributed by atoms with E-state index >= 15 is 0 Å². The third kappa shape index (κ3) is 2.97. The molecule has 17 heavy (non-hydrogen) atoms. The fourth-order valence-electron chi connectivity index (χ4n) is 2.32. The van der Waals surface area contributed by atoms with E-state index in [4.69, 9.17) is 22.1 Å². The number of benzene rings is 1. The first-order chi connectivity index (χ1) is 8.08. The van der Waals surface area contributed by atoms with Crippen LogP contribution in [0.3, 0.4) is 0 Å².